The molecule has 1 heterocycles. The maximum absolute atomic E-state index is 12.5. The highest BCUT2D eigenvalue weighted by Gasteiger charge is 2.37. The summed E-state index contributed by atoms with van der Waals surface area (Å²) in [6, 6.07) is 7.51. The summed E-state index contributed by atoms with van der Waals surface area (Å²) in [5.41, 5.74) is 6.64. The van der Waals surface area contributed by atoms with E-state index in [2.05, 4.69) is 15.5 Å². The molecule has 1 aromatic rings. The fraction of sp³-hybridized carbons (Fsp3) is 0.571. The molecular weight excluding hydrogens is 356 g/mol. The van der Waals surface area contributed by atoms with E-state index in [-0.39, 0.29) is 17.9 Å². The van der Waals surface area contributed by atoms with Gasteiger partial charge in [-0.2, -0.15) is 0 Å². The highest BCUT2D eigenvalue weighted by atomic mass is 16.2. The van der Waals surface area contributed by atoms with Gasteiger partial charge in [-0.25, -0.2) is 0 Å². The monoisotopic (exact) mass is 386 g/mol. The second-order valence-corrected chi connectivity index (χ2v) is 8.00. The maximum atomic E-state index is 12.5. The number of rotatable bonds is 9. The van der Waals surface area contributed by atoms with Crippen LogP contribution in [-0.4, -0.2) is 47.8 Å². The lowest BCUT2D eigenvalue weighted by molar-refractivity contribution is -0.122. The average Bonchev–Trinajstić information content (AvgIpc) is 3.41. The fourth-order valence-corrected chi connectivity index (χ4v) is 3.89. The molecule has 28 heavy (non-hydrogen) atoms. The Hall–Kier alpha value is -2.41. The van der Waals surface area contributed by atoms with Gasteiger partial charge in [-0.05, 0) is 49.3 Å². The molecule has 1 saturated carbocycles. The smallest absolute Gasteiger partial charge is 0.248 e. The minimum Gasteiger partial charge on any atom is -0.366 e. The van der Waals surface area contributed by atoms with Gasteiger partial charge in [0.2, 0.25) is 17.7 Å². The van der Waals surface area contributed by atoms with Crippen molar-refractivity contribution in [2.24, 2.45) is 11.7 Å². The molecule has 1 saturated heterocycles. The van der Waals surface area contributed by atoms with Crippen LogP contribution in [0.15, 0.2) is 24.3 Å². The van der Waals surface area contributed by atoms with Gasteiger partial charge in [0.15, 0.2) is 0 Å². The fourth-order valence-electron chi connectivity index (χ4n) is 3.89. The van der Waals surface area contributed by atoms with Gasteiger partial charge < -0.3 is 16.4 Å². The summed E-state index contributed by atoms with van der Waals surface area (Å²) in [4.78, 5) is 37.3. The highest BCUT2D eigenvalue weighted by Crippen LogP contribution is 2.35. The lowest BCUT2D eigenvalue weighted by atomic mass is 10.1. The highest BCUT2D eigenvalue weighted by molar-refractivity contribution is 5.92. The third-order valence-electron chi connectivity index (χ3n) is 5.67. The quantitative estimate of drug-likeness (QED) is 0.592. The molecule has 0 spiro atoms. The largest absolute Gasteiger partial charge is 0.366 e. The van der Waals surface area contributed by atoms with Crippen LogP contribution in [0.2, 0.25) is 0 Å². The molecule has 2 atom stereocenters. The Morgan fingerprint density at radius 2 is 1.71 bits per heavy atom. The molecule has 4 N–H and O–H groups in total. The van der Waals surface area contributed by atoms with Gasteiger partial charge >= 0.3 is 0 Å². The summed E-state index contributed by atoms with van der Waals surface area (Å²) < 4.78 is 0. The van der Waals surface area contributed by atoms with Gasteiger partial charge in [0.25, 0.3) is 0 Å². The third kappa shape index (κ3) is 5.79. The number of benzene rings is 1. The number of hydrogen-bond donors (Lipinski definition) is 3. The Labute approximate surface area is 166 Å². The molecule has 7 nitrogen and oxygen atoms in total. The number of hydrogen-bond acceptors (Lipinski definition) is 4. The molecule has 1 aliphatic heterocycles. The van der Waals surface area contributed by atoms with Gasteiger partial charge in [0.05, 0.1) is 0 Å². The molecular formula is C21H30N4O3. The van der Waals surface area contributed by atoms with E-state index in [0.29, 0.717) is 31.1 Å². The van der Waals surface area contributed by atoms with Crippen LogP contribution in [0.25, 0.3) is 0 Å². The lowest BCUT2D eigenvalue weighted by Crippen LogP contribution is -2.45. The van der Waals surface area contributed by atoms with Crippen molar-refractivity contribution in [3.8, 4) is 0 Å². The standard InChI is InChI=1S/C21H30N4O3/c1-14(26)23-12-19-9-8-18(25(19)13-16-2-3-16)10-20(27)24-11-15-4-6-17(7-5-15)21(22)28/h4-7,16,18-19H,2-3,8-13H2,1H3,(H2,22,28)(H,23,26)(H,24,27)/t18-,19+/m0/s1. The SMILES string of the molecule is CC(=O)NC[C@H]1CC[C@@H](CC(=O)NCc2ccc(C(N)=O)cc2)N1CC1CC1. The summed E-state index contributed by atoms with van der Waals surface area (Å²) in [5.74, 6) is 0.313. The molecule has 0 bridgehead atoms. The van der Waals surface area contributed by atoms with Gasteiger partial charge in [0, 0.05) is 50.6 Å². The van der Waals surface area contributed by atoms with Crippen LogP contribution in [0, 0.1) is 5.92 Å². The lowest BCUT2D eigenvalue weighted by Gasteiger charge is -2.30. The predicted molar refractivity (Wildman–Crippen MR) is 106 cm³/mol. The van der Waals surface area contributed by atoms with Crippen LogP contribution < -0.4 is 16.4 Å². The van der Waals surface area contributed by atoms with E-state index in [0.717, 1.165) is 30.9 Å². The van der Waals surface area contributed by atoms with E-state index in [1.807, 2.05) is 0 Å². The van der Waals surface area contributed by atoms with Crippen LogP contribution in [-0.2, 0) is 16.1 Å². The molecule has 0 unspecified atom stereocenters. The minimum atomic E-state index is -0.457. The summed E-state index contributed by atoms with van der Waals surface area (Å²) in [7, 11) is 0. The van der Waals surface area contributed by atoms with Crippen LogP contribution in [0.4, 0.5) is 0 Å². The number of nitrogens with one attached hydrogen (secondary N) is 2. The minimum absolute atomic E-state index is 0.00470. The Kier molecular flexibility index (Phi) is 6.67. The van der Waals surface area contributed by atoms with Crippen LogP contribution in [0.1, 0.15) is 54.9 Å². The Morgan fingerprint density at radius 1 is 1.04 bits per heavy atom. The van der Waals surface area contributed by atoms with E-state index < -0.39 is 5.91 Å². The second kappa shape index (κ2) is 9.19. The van der Waals surface area contributed by atoms with Crippen molar-refractivity contribution < 1.29 is 14.4 Å². The van der Waals surface area contributed by atoms with Gasteiger partial charge in [-0.15, -0.1) is 0 Å². The summed E-state index contributed by atoms with van der Waals surface area (Å²) in [6.07, 6.45) is 5.01. The van der Waals surface area contributed by atoms with E-state index in [9.17, 15) is 14.4 Å². The molecule has 7 heteroatoms. The van der Waals surface area contributed by atoms with Crippen molar-refractivity contribution >= 4 is 17.7 Å². The summed E-state index contributed by atoms with van der Waals surface area (Å²) >= 11 is 0. The Balaban J connectivity index is 1.50. The number of primary amides is 1. The first kappa shape index (κ1) is 20.3. The number of nitrogens with two attached hydrogens (primary N) is 1. The average molecular weight is 386 g/mol. The molecule has 152 valence electrons. The van der Waals surface area contributed by atoms with Gasteiger partial charge in [0.1, 0.15) is 0 Å². The number of amides is 3. The summed E-state index contributed by atoms with van der Waals surface area (Å²) in [5, 5.41) is 5.91. The van der Waals surface area contributed by atoms with Crippen molar-refractivity contribution in [1.29, 1.82) is 0 Å². The van der Waals surface area contributed by atoms with Gasteiger partial charge in [-0.1, -0.05) is 12.1 Å². The van der Waals surface area contributed by atoms with Crippen molar-refractivity contribution in [2.45, 2.75) is 57.7 Å². The molecule has 3 rings (SSSR count). The zero-order chi connectivity index (χ0) is 20.1. The molecule has 2 fully saturated rings. The van der Waals surface area contributed by atoms with Gasteiger partial charge in [-0.3, -0.25) is 19.3 Å². The van der Waals surface area contributed by atoms with Crippen LogP contribution in [0.5, 0.6) is 0 Å². The van der Waals surface area contributed by atoms with Crippen molar-refractivity contribution in [1.82, 2.24) is 15.5 Å². The van der Waals surface area contributed by atoms with E-state index in [1.54, 1.807) is 31.2 Å². The first-order chi connectivity index (χ1) is 13.4. The molecule has 2 aliphatic rings. The predicted octanol–water partition coefficient (Wildman–Crippen LogP) is 1.17. The second-order valence-electron chi connectivity index (χ2n) is 8.00. The van der Waals surface area contributed by atoms with Crippen molar-refractivity contribution in [2.75, 3.05) is 13.1 Å². The number of likely N-dealkylation sites (tertiary alicyclic amines) is 1. The zero-order valence-corrected chi connectivity index (χ0v) is 16.4. The van der Waals surface area contributed by atoms with E-state index >= 15 is 0 Å². The zero-order valence-electron chi connectivity index (χ0n) is 16.4. The summed E-state index contributed by atoms with van der Waals surface area (Å²) in [6.45, 7) is 3.66. The van der Waals surface area contributed by atoms with E-state index in [1.165, 1.54) is 12.8 Å². The number of nitrogens with zero attached hydrogens (tertiary/aromatic N) is 1. The molecule has 0 radical (unpaired) electrons. The first-order valence-electron chi connectivity index (χ1n) is 10.1. The van der Waals surface area contributed by atoms with Crippen molar-refractivity contribution in [3.05, 3.63) is 35.4 Å². The van der Waals surface area contributed by atoms with Crippen LogP contribution >= 0.6 is 0 Å². The normalized spacial score (nSPS) is 22.0. The molecule has 0 aromatic heterocycles. The Morgan fingerprint density at radius 3 is 2.32 bits per heavy atom. The van der Waals surface area contributed by atoms with Crippen molar-refractivity contribution in [3.63, 3.8) is 0 Å². The maximum Gasteiger partial charge on any atom is 0.248 e. The first-order valence-corrected chi connectivity index (χ1v) is 10.1. The molecule has 3 amide bonds. The number of carbonyl (C=O) groups excluding carboxylic acids is 3. The number of carbonyl (C=O) groups is 3. The van der Waals surface area contributed by atoms with E-state index in [4.69, 9.17) is 5.73 Å². The van der Waals surface area contributed by atoms with Crippen LogP contribution in [0.3, 0.4) is 0 Å². The third-order valence-corrected chi connectivity index (χ3v) is 5.67. The molecule has 1 aromatic carbocycles. The molecule has 1 aliphatic carbocycles. The topological polar surface area (TPSA) is 105 Å². The Bertz CT molecular complexity index is 715.